The summed E-state index contributed by atoms with van der Waals surface area (Å²) in [6, 6.07) is 23.0. The van der Waals surface area contributed by atoms with Gasteiger partial charge in [-0.25, -0.2) is 0 Å². The molecule has 34 heavy (non-hydrogen) atoms. The molecule has 1 saturated heterocycles. The molecule has 1 heterocycles. The van der Waals surface area contributed by atoms with Gasteiger partial charge in [-0.15, -0.1) is 6.42 Å². The van der Waals surface area contributed by atoms with Crippen molar-refractivity contribution in [3.8, 4) is 23.8 Å². The van der Waals surface area contributed by atoms with Crippen LogP contribution in [0.15, 0.2) is 84.4 Å². The molecule has 0 aliphatic carbocycles. The van der Waals surface area contributed by atoms with Crippen LogP contribution in [0.25, 0.3) is 6.08 Å². The highest BCUT2D eigenvalue weighted by atomic mass is 32.1. The minimum Gasteiger partial charge on any atom is -0.493 e. The average Bonchev–Trinajstić information content (AvgIpc) is 2.87. The highest BCUT2D eigenvalue weighted by molar-refractivity contribution is 7.81. The van der Waals surface area contributed by atoms with Crippen molar-refractivity contribution in [2.45, 2.75) is 0 Å². The Labute approximate surface area is 203 Å². The summed E-state index contributed by atoms with van der Waals surface area (Å²) in [6.07, 6.45) is 6.78. The molecule has 0 unspecified atom stereocenters. The van der Waals surface area contributed by atoms with E-state index >= 15 is 0 Å². The van der Waals surface area contributed by atoms with Gasteiger partial charge in [-0.05, 0) is 60.3 Å². The van der Waals surface area contributed by atoms with Crippen LogP contribution in [-0.4, -0.2) is 30.6 Å². The fourth-order valence-electron chi connectivity index (χ4n) is 3.52. The summed E-state index contributed by atoms with van der Waals surface area (Å²) in [5.41, 5.74) is 1.66. The Hall–Kier alpha value is -4.41. The molecule has 3 aromatic carbocycles. The van der Waals surface area contributed by atoms with Crippen LogP contribution in [0.1, 0.15) is 5.56 Å². The molecule has 0 radical (unpaired) electrons. The lowest BCUT2D eigenvalue weighted by Crippen LogP contribution is -2.56. The van der Waals surface area contributed by atoms with Gasteiger partial charge in [-0.3, -0.25) is 19.4 Å². The zero-order valence-electron chi connectivity index (χ0n) is 18.3. The first-order valence-corrected chi connectivity index (χ1v) is 10.7. The second-order valence-electron chi connectivity index (χ2n) is 7.20. The molecule has 4 rings (SSSR count). The van der Waals surface area contributed by atoms with Crippen LogP contribution >= 0.6 is 12.2 Å². The molecule has 1 aliphatic rings. The molecule has 0 N–H and O–H groups in total. The molecule has 0 aromatic heterocycles. The van der Waals surface area contributed by atoms with Crippen molar-refractivity contribution in [1.29, 1.82) is 0 Å². The Morgan fingerprint density at radius 3 is 1.94 bits per heavy atom. The number of para-hydroxylation sites is 2. The Morgan fingerprint density at radius 1 is 0.882 bits per heavy atom. The number of hydrogen-bond donors (Lipinski definition) is 0. The fraction of sp³-hybridized carbons (Fsp3) is 0.0741. The lowest BCUT2D eigenvalue weighted by atomic mass is 10.0. The van der Waals surface area contributed by atoms with E-state index in [1.54, 1.807) is 66.7 Å². The van der Waals surface area contributed by atoms with Crippen molar-refractivity contribution < 1.29 is 19.1 Å². The summed E-state index contributed by atoms with van der Waals surface area (Å²) in [5, 5.41) is 0.0835. The maximum atomic E-state index is 13.5. The summed E-state index contributed by atoms with van der Waals surface area (Å²) in [5.74, 6) is 2.26. The van der Waals surface area contributed by atoms with E-state index in [0.717, 1.165) is 0 Å². The zero-order valence-corrected chi connectivity index (χ0v) is 19.1. The number of terminal acetylenes is 1. The standard InChI is InChI=1S/C27H20N2O4S/c1-3-16-33-23-15-14-19(18-24(23)32-2)17-22-25(30)28(20-10-6-4-7-11-20)27(34)29(26(22)31)21-12-8-5-9-13-21/h1,4-15,17-18H,16H2,2H3. The predicted molar refractivity (Wildman–Crippen MR) is 136 cm³/mol. The predicted octanol–water partition coefficient (Wildman–Crippen LogP) is 4.46. The summed E-state index contributed by atoms with van der Waals surface area (Å²) in [6.45, 7) is 0.0866. The number of thiocarbonyl (C=S) groups is 1. The minimum atomic E-state index is -0.514. The third kappa shape index (κ3) is 4.40. The first kappa shape index (κ1) is 22.8. The molecule has 168 valence electrons. The van der Waals surface area contributed by atoms with Gasteiger partial charge in [0.1, 0.15) is 12.2 Å². The van der Waals surface area contributed by atoms with Crippen molar-refractivity contribution in [1.82, 2.24) is 0 Å². The summed E-state index contributed by atoms with van der Waals surface area (Å²) >= 11 is 5.61. The Bertz CT molecular complexity index is 1250. The van der Waals surface area contributed by atoms with Gasteiger partial charge in [0.25, 0.3) is 11.8 Å². The van der Waals surface area contributed by atoms with Crippen molar-refractivity contribution in [3.63, 3.8) is 0 Å². The number of amides is 2. The first-order chi connectivity index (χ1) is 16.5. The van der Waals surface area contributed by atoms with Gasteiger partial charge in [0.2, 0.25) is 0 Å². The molecular formula is C27H20N2O4S. The molecule has 0 atom stereocenters. The van der Waals surface area contributed by atoms with E-state index in [9.17, 15) is 9.59 Å². The van der Waals surface area contributed by atoms with E-state index < -0.39 is 11.8 Å². The van der Waals surface area contributed by atoms with Crippen LogP contribution in [0.4, 0.5) is 11.4 Å². The van der Waals surface area contributed by atoms with Crippen LogP contribution in [0, 0.1) is 12.3 Å². The van der Waals surface area contributed by atoms with E-state index in [2.05, 4.69) is 5.92 Å². The SMILES string of the molecule is C#CCOc1ccc(C=C2C(=O)N(c3ccccc3)C(=S)N(c3ccccc3)C2=O)cc1OC. The van der Waals surface area contributed by atoms with Crippen LogP contribution in [-0.2, 0) is 9.59 Å². The van der Waals surface area contributed by atoms with E-state index in [0.29, 0.717) is 28.4 Å². The molecule has 3 aromatic rings. The van der Waals surface area contributed by atoms with Crippen molar-refractivity contribution >= 4 is 46.6 Å². The largest absolute Gasteiger partial charge is 0.493 e. The van der Waals surface area contributed by atoms with Gasteiger partial charge in [0.05, 0.1) is 18.5 Å². The van der Waals surface area contributed by atoms with E-state index in [-0.39, 0.29) is 17.3 Å². The zero-order chi connectivity index (χ0) is 24.1. The number of rotatable bonds is 6. The molecule has 7 heteroatoms. The number of ether oxygens (including phenoxy) is 2. The van der Waals surface area contributed by atoms with E-state index in [1.165, 1.54) is 23.0 Å². The minimum absolute atomic E-state index is 0.0411. The number of benzene rings is 3. The van der Waals surface area contributed by atoms with Crippen LogP contribution in [0.2, 0.25) is 0 Å². The monoisotopic (exact) mass is 468 g/mol. The maximum absolute atomic E-state index is 13.5. The maximum Gasteiger partial charge on any atom is 0.270 e. The summed E-state index contributed by atoms with van der Waals surface area (Å²) in [4.78, 5) is 29.8. The molecule has 0 saturated carbocycles. The third-order valence-corrected chi connectivity index (χ3v) is 5.45. The van der Waals surface area contributed by atoms with Gasteiger partial charge >= 0.3 is 0 Å². The normalized spacial score (nSPS) is 13.5. The van der Waals surface area contributed by atoms with Gasteiger partial charge < -0.3 is 9.47 Å². The average molecular weight is 469 g/mol. The molecule has 6 nitrogen and oxygen atoms in total. The Morgan fingerprint density at radius 2 is 1.44 bits per heavy atom. The smallest absolute Gasteiger partial charge is 0.270 e. The van der Waals surface area contributed by atoms with E-state index in [4.69, 9.17) is 28.1 Å². The molecule has 0 bridgehead atoms. The van der Waals surface area contributed by atoms with Gasteiger partial charge in [0.15, 0.2) is 16.6 Å². The lowest BCUT2D eigenvalue weighted by Gasteiger charge is -2.36. The van der Waals surface area contributed by atoms with Crippen molar-refractivity contribution in [3.05, 3.63) is 90.0 Å². The fourth-order valence-corrected chi connectivity index (χ4v) is 3.90. The quantitative estimate of drug-likeness (QED) is 0.231. The first-order valence-electron chi connectivity index (χ1n) is 10.3. The van der Waals surface area contributed by atoms with E-state index in [1.807, 2.05) is 12.1 Å². The number of carbonyl (C=O) groups excluding carboxylic acids is 2. The number of carbonyl (C=O) groups is 2. The number of methoxy groups -OCH3 is 1. The topological polar surface area (TPSA) is 59.1 Å². The van der Waals surface area contributed by atoms with Crippen molar-refractivity contribution in [2.75, 3.05) is 23.5 Å². The molecular weight excluding hydrogens is 448 g/mol. The number of nitrogens with zero attached hydrogens (tertiary/aromatic N) is 2. The third-order valence-electron chi connectivity index (χ3n) is 5.09. The van der Waals surface area contributed by atoms with Gasteiger partial charge in [0, 0.05) is 0 Å². The van der Waals surface area contributed by atoms with Crippen LogP contribution < -0.4 is 19.3 Å². The highest BCUT2D eigenvalue weighted by Crippen LogP contribution is 2.32. The Balaban J connectivity index is 1.81. The molecule has 0 spiro atoms. The van der Waals surface area contributed by atoms with Crippen molar-refractivity contribution in [2.24, 2.45) is 0 Å². The number of hydrogen-bond acceptors (Lipinski definition) is 5. The second-order valence-corrected chi connectivity index (χ2v) is 7.56. The highest BCUT2D eigenvalue weighted by Gasteiger charge is 2.41. The molecule has 2 amide bonds. The Kier molecular flexibility index (Phi) is 6.72. The summed E-state index contributed by atoms with van der Waals surface area (Å²) in [7, 11) is 1.50. The van der Waals surface area contributed by atoms with Gasteiger partial charge in [-0.2, -0.15) is 0 Å². The van der Waals surface area contributed by atoms with Crippen LogP contribution in [0.3, 0.4) is 0 Å². The second kappa shape index (κ2) is 10.0. The number of anilines is 2. The molecule has 1 aliphatic heterocycles. The lowest BCUT2D eigenvalue weighted by molar-refractivity contribution is -0.120. The van der Waals surface area contributed by atoms with Gasteiger partial charge in [-0.1, -0.05) is 48.4 Å². The summed E-state index contributed by atoms with van der Waals surface area (Å²) < 4.78 is 10.9. The van der Waals surface area contributed by atoms with Crippen LogP contribution in [0.5, 0.6) is 11.5 Å². The molecule has 1 fully saturated rings.